The van der Waals surface area contributed by atoms with Crippen molar-refractivity contribution >= 4 is 44.6 Å². The van der Waals surface area contributed by atoms with Gasteiger partial charge in [-0.1, -0.05) is 117 Å². The van der Waals surface area contributed by atoms with Gasteiger partial charge in [-0.2, -0.15) is 12.1 Å². The van der Waals surface area contributed by atoms with Crippen LogP contribution in [-0.2, 0) is 26.5 Å². The summed E-state index contributed by atoms with van der Waals surface area (Å²) >= 11 is 0. The van der Waals surface area contributed by atoms with E-state index in [4.69, 9.17) is 21.2 Å². The van der Waals surface area contributed by atoms with Gasteiger partial charge in [0.25, 0.3) is 0 Å². The van der Waals surface area contributed by atoms with Crippen molar-refractivity contribution in [2.75, 3.05) is 9.80 Å². The molecular weight excluding hydrogens is 904 g/mol. The van der Waals surface area contributed by atoms with Crippen LogP contribution in [0.25, 0.3) is 49.9 Å². The number of hydrogen-bond donors (Lipinski definition) is 0. The number of fused-ring (bicyclic) bond motifs is 4. The summed E-state index contributed by atoms with van der Waals surface area (Å²) in [6, 6.07) is 28.6. The number of aromatic nitrogens is 2. The SMILES string of the molecule is [2H]c1nc(-n2c3[c-]c(Oc4[c-]c(N5[CH-]N(c6c(-c7c([2H])c([2H])c([2H])c([2H])c7[2H])cc(C)cc6-c6c([2H])c([2H])c([2H])c([2H])c6[2H])c6ccccc65)ccc4)ccc3c3ccccc32)c([2H])c(C(C)(C)C)c1[2H].[Pt]. The van der Waals surface area contributed by atoms with Gasteiger partial charge in [-0.15, -0.1) is 48.1 Å². The van der Waals surface area contributed by atoms with E-state index in [9.17, 15) is 1.37 Å². The van der Waals surface area contributed by atoms with Crippen LogP contribution < -0.4 is 14.5 Å². The molecule has 0 unspecified atom stereocenters. The first-order valence-corrected chi connectivity index (χ1v) is 18.7. The molecule has 0 saturated carbocycles. The maximum Gasteiger partial charge on any atom is 0.135 e. The first kappa shape index (κ1) is 25.8. The first-order chi connectivity index (χ1) is 33.7. The minimum Gasteiger partial charge on any atom is -0.509 e. The van der Waals surface area contributed by atoms with E-state index in [2.05, 4.69) is 17.1 Å². The Hall–Kier alpha value is -6.42. The molecule has 7 aromatic carbocycles. The summed E-state index contributed by atoms with van der Waals surface area (Å²) in [5.41, 5.74) is 3.50. The first-order valence-electron chi connectivity index (χ1n) is 25.2. The second-order valence-corrected chi connectivity index (χ2v) is 14.9. The summed E-state index contributed by atoms with van der Waals surface area (Å²) in [6.45, 7) is 9.13. The molecule has 0 N–H and O–H groups in total. The molecular formula is C53H41N4OPt-3. The summed E-state index contributed by atoms with van der Waals surface area (Å²) < 4.78 is 122. The molecule has 292 valence electrons. The zero-order valence-electron chi connectivity index (χ0n) is 45.3. The quantitative estimate of drug-likeness (QED) is 0.149. The fourth-order valence-corrected chi connectivity index (χ4v) is 7.37. The molecule has 2 aromatic heterocycles. The number of pyridine rings is 1. The van der Waals surface area contributed by atoms with Crippen LogP contribution in [0.15, 0.2) is 170 Å². The summed E-state index contributed by atoms with van der Waals surface area (Å²) in [4.78, 5) is 8.02. The monoisotopic (exact) mass is 957 g/mol. The number of hydrogen-bond acceptors (Lipinski definition) is 4. The molecule has 6 heteroatoms. The van der Waals surface area contributed by atoms with E-state index >= 15 is 0 Å². The number of rotatable bonds is 7. The van der Waals surface area contributed by atoms with Crippen LogP contribution in [0.1, 0.15) is 49.7 Å². The summed E-state index contributed by atoms with van der Waals surface area (Å²) in [5, 5.41) is 1.67. The average molecular weight is 958 g/mol. The Bertz CT molecular complexity index is 3600. The van der Waals surface area contributed by atoms with Crippen molar-refractivity contribution in [2.45, 2.75) is 33.1 Å². The van der Waals surface area contributed by atoms with E-state index in [1.165, 1.54) is 0 Å². The molecule has 0 bridgehead atoms. The van der Waals surface area contributed by atoms with E-state index in [-0.39, 0.29) is 73.1 Å². The van der Waals surface area contributed by atoms with E-state index in [0.717, 1.165) is 16.3 Å². The van der Waals surface area contributed by atoms with Gasteiger partial charge in [-0.3, -0.25) is 0 Å². The maximum atomic E-state index is 9.31. The number of aryl methyl sites for hydroxylation is 1. The van der Waals surface area contributed by atoms with Crippen LogP contribution in [0, 0.1) is 25.7 Å². The Morgan fingerprint density at radius 3 is 2.02 bits per heavy atom. The van der Waals surface area contributed by atoms with Gasteiger partial charge in [-0.05, 0) is 82.4 Å². The van der Waals surface area contributed by atoms with Crippen LogP contribution in [0.2, 0.25) is 0 Å². The van der Waals surface area contributed by atoms with Crippen molar-refractivity contribution in [1.29, 1.82) is 0 Å². The summed E-state index contributed by atoms with van der Waals surface area (Å²) in [5.74, 6) is 0.788. The molecule has 3 heterocycles. The minimum absolute atomic E-state index is 0. The molecule has 5 nitrogen and oxygen atoms in total. The Morgan fingerprint density at radius 2 is 1.32 bits per heavy atom. The van der Waals surface area contributed by atoms with Crippen molar-refractivity contribution in [2.24, 2.45) is 0 Å². The third kappa shape index (κ3) is 7.00. The second kappa shape index (κ2) is 15.4. The Labute approximate surface area is 378 Å². The standard InChI is InChI=1S/C53H41N4O.Pt/c1-36-30-45(37-16-7-5-8-17-37)52(46(31-36)38-18-9-6-10-19-38)56-35-55(48-24-13-14-25-49(48)56)40-20-15-21-41(33-40)58-42-26-27-44-43-22-11-12-23-47(43)57(50(44)34-42)51-32-39(28-29-54-51)53(2,3)4;/h5-32,35H,1-4H3;/q-3;/i5D,6D,7D,8D,9D,10D,16D,17D,18D,19D,28D,29D,32D;. The van der Waals surface area contributed by atoms with Crippen molar-refractivity contribution in [3.8, 4) is 39.6 Å². The largest absolute Gasteiger partial charge is 0.509 e. The van der Waals surface area contributed by atoms with Gasteiger partial charge in [-0.25, -0.2) is 4.98 Å². The molecule has 59 heavy (non-hydrogen) atoms. The molecule has 0 radical (unpaired) electrons. The number of ether oxygens (including phenoxy) is 1. The fraction of sp³-hybridized carbons (Fsp3) is 0.0943. The van der Waals surface area contributed by atoms with Gasteiger partial charge in [0.2, 0.25) is 0 Å². The van der Waals surface area contributed by atoms with E-state index in [1.54, 1.807) is 65.5 Å². The predicted molar refractivity (Wildman–Crippen MR) is 239 cm³/mol. The van der Waals surface area contributed by atoms with E-state index < -0.39 is 65.8 Å². The third-order valence-electron chi connectivity index (χ3n) is 10.00. The molecule has 0 aliphatic carbocycles. The van der Waals surface area contributed by atoms with Gasteiger partial charge in [0.15, 0.2) is 0 Å². The molecule has 1 aliphatic heterocycles. The Morgan fingerprint density at radius 1 is 0.678 bits per heavy atom. The summed E-state index contributed by atoms with van der Waals surface area (Å²) in [7, 11) is 0. The van der Waals surface area contributed by atoms with E-state index in [0.29, 0.717) is 45.2 Å². The molecule has 0 amide bonds. The molecule has 0 saturated heterocycles. The van der Waals surface area contributed by atoms with Gasteiger partial charge >= 0.3 is 0 Å². The van der Waals surface area contributed by atoms with Crippen LogP contribution >= 0.6 is 0 Å². The predicted octanol–water partition coefficient (Wildman–Crippen LogP) is 13.9. The smallest absolute Gasteiger partial charge is 0.135 e. The molecule has 10 rings (SSSR count). The minimum atomic E-state index is -0.622. The molecule has 0 atom stereocenters. The number of para-hydroxylation sites is 3. The van der Waals surface area contributed by atoms with Crippen LogP contribution in [0.5, 0.6) is 11.5 Å². The normalized spacial score (nSPS) is 15.6. The number of nitrogens with zero attached hydrogens (tertiary/aromatic N) is 4. The zero-order valence-corrected chi connectivity index (χ0v) is 34.5. The third-order valence-corrected chi connectivity index (χ3v) is 10.00. The molecule has 9 aromatic rings. The van der Waals surface area contributed by atoms with Crippen molar-refractivity contribution in [3.05, 3.63) is 200 Å². The van der Waals surface area contributed by atoms with Crippen LogP contribution in [0.3, 0.4) is 0 Å². The maximum absolute atomic E-state index is 9.31. The Balaban J connectivity index is 0.00000640. The van der Waals surface area contributed by atoms with Crippen molar-refractivity contribution in [1.82, 2.24) is 9.55 Å². The number of benzene rings is 7. The van der Waals surface area contributed by atoms with Crippen LogP contribution in [-0.4, -0.2) is 9.55 Å². The molecule has 0 fully saturated rings. The zero-order chi connectivity index (χ0) is 50.7. The van der Waals surface area contributed by atoms with Crippen molar-refractivity contribution < 1.29 is 43.6 Å². The van der Waals surface area contributed by atoms with Gasteiger partial charge < -0.3 is 19.1 Å². The molecule has 1 aliphatic rings. The average Bonchev–Trinajstić information content (AvgIpc) is 3.88. The fourth-order valence-electron chi connectivity index (χ4n) is 7.37. The molecule has 0 spiro atoms. The van der Waals surface area contributed by atoms with Gasteiger partial charge in [0, 0.05) is 72.4 Å². The van der Waals surface area contributed by atoms with Crippen LogP contribution in [0.4, 0.5) is 22.7 Å². The van der Waals surface area contributed by atoms with Crippen molar-refractivity contribution in [3.63, 3.8) is 0 Å². The van der Waals surface area contributed by atoms with Gasteiger partial charge in [0.1, 0.15) is 5.82 Å². The summed E-state index contributed by atoms with van der Waals surface area (Å²) in [6.07, 6.45) is -0.248. The van der Waals surface area contributed by atoms with Gasteiger partial charge in [0.05, 0.1) is 17.8 Å². The topological polar surface area (TPSA) is 33.5 Å². The second-order valence-electron chi connectivity index (χ2n) is 14.9. The number of anilines is 4. The van der Waals surface area contributed by atoms with E-state index in [1.807, 2.05) is 74.2 Å². The Kier molecular flexibility index (Phi) is 6.74.